The van der Waals surface area contributed by atoms with Crippen LogP contribution in [0.4, 0.5) is 0 Å². The van der Waals surface area contributed by atoms with Crippen molar-refractivity contribution >= 4 is 11.9 Å². The first-order valence-corrected chi connectivity index (χ1v) is 8.99. The van der Waals surface area contributed by atoms with E-state index in [1.54, 1.807) is 20.3 Å². The SMILES string of the molecule is COc1ccc(CNC(=O)CN2C[C@@H]3CCOC[C@]3(C(=O)O)C2)cc1OC. The van der Waals surface area contributed by atoms with Gasteiger partial charge in [0, 0.05) is 26.2 Å². The molecular formula is C19H26N2O6. The zero-order valence-corrected chi connectivity index (χ0v) is 15.7. The van der Waals surface area contributed by atoms with Crippen LogP contribution in [0.1, 0.15) is 12.0 Å². The second-order valence-electron chi connectivity index (χ2n) is 7.14. The molecule has 0 saturated carbocycles. The van der Waals surface area contributed by atoms with Gasteiger partial charge in [-0.2, -0.15) is 0 Å². The molecule has 2 fully saturated rings. The first-order valence-electron chi connectivity index (χ1n) is 8.99. The highest BCUT2D eigenvalue weighted by atomic mass is 16.5. The highest BCUT2D eigenvalue weighted by molar-refractivity contribution is 5.79. The molecule has 1 aromatic rings. The number of fused-ring (bicyclic) bond motifs is 1. The number of hydrogen-bond donors (Lipinski definition) is 2. The molecule has 8 nitrogen and oxygen atoms in total. The molecule has 8 heteroatoms. The second-order valence-corrected chi connectivity index (χ2v) is 7.14. The number of amides is 1. The molecule has 27 heavy (non-hydrogen) atoms. The van der Waals surface area contributed by atoms with Crippen LogP contribution in [-0.4, -0.2) is 69.0 Å². The van der Waals surface area contributed by atoms with Crippen LogP contribution < -0.4 is 14.8 Å². The van der Waals surface area contributed by atoms with E-state index in [-0.39, 0.29) is 25.0 Å². The molecular weight excluding hydrogens is 352 g/mol. The third-order valence-electron chi connectivity index (χ3n) is 5.47. The highest BCUT2D eigenvalue weighted by Gasteiger charge is 2.54. The predicted molar refractivity (Wildman–Crippen MR) is 96.8 cm³/mol. The number of ether oxygens (including phenoxy) is 3. The van der Waals surface area contributed by atoms with E-state index in [0.717, 1.165) is 12.0 Å². The number of nitrogens with zero attached hydrogens (tertiary/aromatic N) is 1. The number of carbonyl (C=O) groups excluding carboxylic acids is 1. The lowest BCUT2D eigenvalue weighted by atomic mass is 9.76. The van der Waals surface area contributed by atoms with E-state index < -0.39 is 11.4 Å². The minimum Gasteiger partial charge on any atom is -0.493 e. The van der Waals surface area contributed by atoms with Gasteiger partial charge in [-0.3, -0.25) is 14.5 Å². The number of methoxy groups -OCH3 is 2. The summed E-state index contributed by atoms with van der Waals surface area (Å²) in [6.45, 7) is 2.30. The number of nitrogens with one attached hydrogen (secondary N) is 1. The topological polar surface area (TPSA) is 97.3 Å². The molecule has 2 saturated heterocycles. The molecule has 1 amide bonds. The van der Waals surface area contributed by atoms with Crippen molar-refractivity contribution in [2.24, 2.45) is 11.3 Å². The maximum Gasteiger partial charge on any atom is 0.313 e. The standard InChI is InChI=1S/C19H26N2O6/c1-25-15-4-3-13(7-16(15)26-2)8-20-17(22)10-21-9-14-5-6-27-12-19(14,11-21)18(23)24/h3-4,7,14H,5-6,8-12H2,1-2H3,(H,20,22)(H,23,24)/t14-,19+/m0/s1. The Balaban J connectivity index is 1.55. The molecule has 0 aromatic heterocycles. The number of carboxylic acid groups (broad SMARTS) is 1. The Morgan fingerprint density at radius 2 is 2.11 bits per heavy atom. The number of benzene rings is 1. The quantitative estimate of drug-likeness (QED) is 0.722. The number of rotatable bonds is 7. The van der Waals surface area contributed by atoms with Crippen molar-refractivity contribution in [3.05, 3.63) is 23.8 Å². The van der Waals surface area contributed by atoms with Crippen molar-refractivity contribution in [1.82, 2.24) is 10.2 Å². The molecule has 0 bridgehead atoms. The van der Waals surface area contributed by atoms with Crippen LogP contribution >= 0.6 is 0 Å². The lowest BCUT2D eigenvalue weighted by Crippen LogP contribution is -2.46. The minimum atomic E-state index is -0.887. The maximum absolute atomic E-state index is 12.3. The van der Waals surface area contributed by atoms with Gasteiger partial charge >= 0.3 is 5.97 Å². The van der Waals surface area contributed by atoms with Gasteiger partial charge in [-0.1, -0.05) is 6.07 Å². The van der Waals surface area contributed by atoms with E-state index in [9.17, 15) is 14.7 Å². The number of carboxylic acids is 1. The van der Waals surface area contributed by atoms with Crippen LogP contribution in [0, 0.1) is 11.3 Å². The average molecular weight is 378 g/mol. The van der Waals surface area contributed by atoms with Gasteiger partial charge in [-0.05, 0) is 30.0 Å². The highest BCUT2D eigenvalue weighted by Crippen LogP contribution is 2.41. The molecule has 2 N–H and O–H groups in total. The van der Waals surface area contributed by atoms with Crippen molar-refractivity contribution in [1.29, 1.82) is 0 Å². The first-order chi connectivity index (χ1) is 13.0. The molecule has 1 aromatic carbocycles. The van der Waals surface area contributed by atoms with Gasteiger partial charge in [0.1, 0.15) is 5.41 Å². The summed E-state index contributed by atoms with van der Waals surface area (Å²) in [7, 11) is 3.14. The smallest absolute Gasteiger partial charge is 0.313 e. The summed E-state index contributed by atoms with van der Waals surface area (Å²) in [5.41, 5.74) is 0.00788. The van der Waals surface area contributed by atoms with E-state index >= 15 is 0 Å². The Morgan fingerprint density at radius 3 is 2.78 bits per heavy atom. The maximum atomic E-state index is 12.3. The molecule has 2 atom stereocenters. The van der Waals surface area contributed by atoms with E-state index in [1.165, 1.54) is 0 Å². The van der Waals surface area contributed by atoms with Gasteiger partial charge < -0.3 is 24.6 Å². The van der Waals surface area contributed by atoms with Crippen LogP contribution in [-0.2, 0) is 20.9 Å². The van der Waals surface area contributed by atoms with E-state index in [2.05, 4.69) is 5.32 Å². The zero-order chi connectivity index (χ0) is 19.4. The third-order valence-corrected chi connectivity index (χ3v) is 5.47. The third kappa shape index (κ3) is 4.01. The Labute approximate surface area is 158 Å². The van der Waals surface area contributed by atoms with Gasteiger partial charge in [-0.25, -0.2) is 0 Å². The molecule has 2 aliphatic heterocycles. The molecule has 0 unspecified atom stereocenters. The van der Waals surface area contributed by atoms with Gasteiger partial charge in [0.05, 0.1) is 27.4 Å². The van der Waals surface area contributed by atoms with Gasteiger partial charge in [-0.15, -0.1) is 0 Å². The summed E-state index contributed by atoms with van der Waals surface area (Å²) >= 11 is 0. The van der Waals surface area contributed by atoms with E-state index in [1.807, 2.05) is 17.0 Å². The molecule has 2 heterocycles. The van der Waals surface area contributed by atoms with Gasteiger partial charge in [0.2, 0.25) is 5.91 Å². The number of likely N-dealkylation sites (tertiary alicyclic amines) is 1. The molecule has 3 rings (SSSR count). The Morgan fingerprint density at radius 1 is 1.33 bits per heavy atom. The monoisotopic (exact) mass is 378 g/mol. The summed E-state index contributed by atoms with van der Waals surface area (Å²) in [4.78, 5) is 26.0. The predicted octanol–water partition coefficient (Wildman–Crippen LogP) is 0.743. The average Bonchev–Trinajstić information content (AvgIpc) is 3.05. The Kier molecular flexibility index (Phi) is 5.86. The summed E-state index contributed by atoms with van der Waals surface area (Å²) in [5.74, 6) is 0.303. The number of hydrogen-bond acceptors (Lipinski definition) is 6. The summed E-state index contributed by atoms with van der Waals surface area (Å²) in [6, 6.07) is 5.48. The van der Waals surface area contributed by atoms with Crippen molar-refractivity contribution < 1.29 is 28.9 Å². The second kappa shape index (κ2) is 8.14. The summed E-state index contributed by atoms with van der Waals surface area (Å²) in [6.07, 6.45) is 0.718. The van der Waals surface area contributed by atoms with Crippen molar-refractivity contribution in [3.8, 4) is 11.5 Å². The van der Waals surface area contributed by atoms with Crippen LogP contribution in [0.2, 0.25) is 0 Å². The zero-order valence-electron chi connectivity index (χ0n) is 15.7. The molecule has 0 aliphatic carbocycles. The fraction of sp³-hybridized carbons (Fsp3) is 0.579. The Bertz CT molecular complexity index is 709. The van der Waals surface area contributed by atoms with E-state index in [0.29, 0.717) is 37.7 Å². The lowest BCUT2D eigenvalue weighted by Gasteiger charge is -2.34. The molecule has 148 valence electrons. The first kappa shape index (κ1) is 19.4. The molecule has 0 spiro atoms. The fourth-order valence-electron chi connectivity index (χ4n) is 3.96. The summed E-state index contributed by atoms with van der Waals surface area (Å²) in [5, 5.41) is 12.5. The molecule has 2 aliphatic rings. The fourth-order valence-corrected chi connectivity index (χ4v) is 3.96. The van der Waals surface area contributed by atoms with Crippen LogP contribution in [0.5, 0.6) is 11.5 Å². The summed E-state index contributed by atoms with van der Waals surface area (Å²) < 4.78 is 15.9. The van der Waals surface area contributed by atoms with Crippen molar-refractivity contribution in [3.63, 3.8) is 0 Å². The van der Waals surface area contributed by atoms with Crippen LogP contribution in [0.3, 0.4) is 0 Å². The molecule has 0 radical (unpaired) electrons. The van der Waals surface area contributed by atoms with Crippen molar-refractivity contribution in [2.75, 3.05) is 47.1 Å². The number of aliphatic carboxylic acids is 1. The lowest BCUT2D eigenvalue weighted by molar-refractivity contribution is -0.160. The van der Waals surface area contributed by atoms with Crippen LogP contribution in [0.25, 0.3) is 0 Å². The van der Waals surface area contributed by atoms with Gasteiger partial charge in [0.25, 0.3) is 0 Å². The van der Waals surface area contributed by atoms with Crippen LogP contribution in [0.15, 0.2) is 18.2 Å². The van der Waals surface area contributed by atoms with E-state index in [4.69, 9.17) is 14.2 Å². The minimum absolute atomic E-state index is 0.0300. The Hall–Kier alpha value is -2.32. The largest absolute Gasteiger partial charge is 0.493 e. The van der Waals surface area contributed by atoms with Crippen molar-refractivity contribution in [2.45, 2.75) is 13.0 Å². The normalized spacial score (nSPS) is 24.9. The number of carbonyl (C=O) groups is 2. The van der Waals surface area contributed by atoms with Gasteiger partial charge in [0.15, 0.2) is 11.5 Å².